The van der Waals surface area contributed by atoms with Crippen molar-refractivity contribution in [2.45, 2.75) is 27.3 Å². The van der Waals surface area contributed by atoms with Crippen LogP contribution in [0.4, 0.5) is 0 Å². The first-order valence-electron chi connectivity index (χ1n) is 7.92. The first kappa shape index (κ1) is 18.7. The zero-order valence-electron chi connectivity index (χ0n) is 14.2. The number of hydrogen-bond acceptors (Lipinski definition) is 4. The molecule has 1 aromatic carbocycles. The van der Waals surface area contributed by atoms with Crippen LogP contribution < -0.4 is 15.4 Å². The Bertz CT molecular complexity index is 650. The highest BCUT2D eigenvalue weighted by atomic mass is 79.9. The van der Waals surface area contributed by atoms with Crippen molar-refractivity contribution in [1.82, 2.24) is 15.6 Å². The Morgan fingerprint density at radius 3 is 2.62 bits per heavy atom. The van der Waals surface area contributed by atoms with E-state index in [1.807, 2.05) is 38.1 Å². The lowest BCUT2D eigenvalue weighted by Gasteiger charge is -2.11. The van der Waals surface area contributed by atoms with Crippen molar-refractivity contribution in [3.63, 3.8) is 0 Å². The lowest BCUT2D eigenvalue weighted by molar-refractivity contribution is 0.322. The first-order chi connectivity index (χ1) is 11.6. The number of guanidine groups is 1. The molecule has 0 bridgehead atoms. The number of ether oxygens (including phenoxy) is 1. The topological polar surface area (TPSA) is 58.5 Å². The van der Waals surface area contributed by atoms with Crippen molar-refractivity contribution in [2.75, 3.05) is 19.7 Å². The van der Waals surface area contributed by atoms with Crippen LogP contribution in [0.25, 0.3) is 0 Å². The molecule has 1 aromatic heterocycles. The largest absolute Gasteiger partial charge is 0.492 e. The molecule has 24 heavy (non-hydrogen) atoms. The molecule has 5 nitrogen and oxygen atoms in total. The van der Waals surface area contributed by atoms with E-state index in [9.17, 15) is 0 Å². The third-order valence-electron chi connectivity index (χ3n) is 3.27. The second-order valence-corrected chi connectivity index (χ2v) is 7.38. The summed E-state index contributed by atoms with van der Waals surface area (Å²) in [5, 5.41) is 7.55. The predicted molar refractivity (Wildman–Crippen MR) is 104 cm³/mol. The van der Waals surface area contributed by atoms with Gasteiger partial charge in [-0.3, -0.25) is 0 Å². The fourth-order valence-electron chi connectivity index (χ4n) is 1.96. The normalized spacial score (nSPS) is 11.4. The average molecular weight is 411 g/mol. The SMILES string of the molecule is CCNC(=NCc1nc(C)c(C)s1)NCCOc1ccc(Br)cc1. The first-order valence-corrected chi connectivity index (χ1v) is 9.53. The van der Waals surface area contributed by atoms with Crippen LogP contribution in [0.5, 0.6) is 5.75 Å². The summed E-state index contributed by atoms with van der Waals surface area (Å²) in [6, 6.07) is 7.81. The van der Waals surface area contributed by atoms with Crippen LogP contribution in [0.3, 0.4) is 0 Å². The molecule has 0 radical (unpaired) electrons. The van der Waals surface area contributed by atoms with Crippen LogP contribution in [0.2, 0.25) is 0 Å². The third kappa shape index (κ3) is 6.13. The van der Waals surface area contributed by atoms with Gasteiger partial charge in [-0.1, -0.05) is 15.9 Å². The lowest BCUT2D eigenvalue weighted by Crippen LogP contribution is -2.39. The van der Waals surface area contributed by atoms with E-state index in [-0.39, 0.29) is 0 Å². The lowest BCUT2D eigenvalue weighted by atomic mass is 10.3. The van der Waals surface area contributed by atoms with Crippen LogP contribution in [0, 0.1) is 13.8 Å². The average Bonchev–Trinajstić information content (AvgIpc) is 2.89. The minimum Gasteiger partial charge on any atom is -0.492 e. The van der Waals surface area contributed by atoms with E-state index in [0.717, 1.165) is 33.4 Å². The Morgan fingerprint density at radius 1 is 1.25 bits per heavy atom. The van der Waals surface area contributed by atoms with E-state index in [4.69, 9.17) is 4.74 Å². The zero-order valence-corrected chi connectivity index (χ0v) is 16.6. The molecular weight excluding hydrogens is 388 g/mol. The molecule has 2 rings (SSSR count). The molecule has 7 heteroatoms. The van der Waals surface area contributed by atoms with Gasteiger partial charge in [0.1, 0.15) is 17.4 Å². The Hall–Kier alpha value is -1.60. The maximum absolute atomic E-state index is 5.69. The van der Waals surface area contributed by atoms with Gasteiger partial charge in [-0.25, -0.2) is 9.98 Å². The molecule has 0 aliphatic rings. The molecule has 0 unspecified atom stereocenters. The van der Waals surface area contributed by atoms with Gasteiger partial charge in [-0.05, 0) is 45.0 Å². The van der Waals surface area contributed by atoms with Crippen molar-refractivity contribution < 1.29 is 4.74 Å². The molecule has 0 spiro atoms. The quantitative estimate of drug-likeness (QED) is 0.415. The summed E-state index contributed by atoms with van der Waals surface area (Å²) in [5.74, 6) is 1.64. The van der Waals surface area contributed by atoms with Crippen LogP contribution in [-0.2, 0) is 6.54 Å². The number of aliphatic imine (C=N–C) groups is 1. The maximum Gasteiger partial charge on any atom is 0.191 e. The third-order valence-corrected chi connectivity index (χ3v) is 4.85. The smallest absolute Gasteiger partial charge is 0.191 e. The standard InChI is InChI=1S/C17H23BrN4OS/c1-4-19-17(21-11-16-22-12(2)13(3)24-16)20-9-10-23-15-7-5-14(18)6-8-15/h5-8H,4,9-11H2,1-3H3,(H2,19,20,21). The van der Waals surface area contributed by atoms with E-state index in [0.29, 0.717) is 19.7 Å². The summed E-state index contributed by atoms with van der Waals surface area (Å²) in [5.41, 5.74) is 1.09. The Labute approximate surface area is 155 Å². The summed E-state index contributed by atoms with van der Waals surface area (Å²) >= 11 is 5.11. The summed E-state index contributed by atoms with van der Waals surface area (Å²) in [7, 11) is 0. The van der Waals surface area contributed by atoms with Gasteiger partial charge in [0.05, 0.1) is 18.8 Å². The summed E-state index contributed by atoms with van der Waals surface area (Å²) < 4.78 is 6.74. The van der Waals surface area contributed by atoms with Crippen molar-refractivity contribution in [1.29, 1.82) is 0 Å². The Morgan fingerprint density at radius 2 is 2.00 bits per heavy atom. The molecule has 130 valence electrons. The molecule has 0 aliphatic heterocycles. The fraction of sp³-hybridized carbons (Fsp3) is 0.412. The molecule has 0 amide bonds. The minimum absolute atomic E-state index is 0.571. The molecule has 2 aromatic rings. The minimum atomic E-state index is 0.571. The van der Waals surface area contributed by atoms with Crippen molar-refractivity contribution in [2.24, 2.45) is 4.99 Å². The van der Waals surface area contributed by atoms with Crippen LogP contribution in [-0.4, -0.2) is 30.6 Å². The molecule has 0 aliphatic carbocycles. The van der Waals surface area contributed by atoms with Crippen molar-refractivity contribution >= 4 is 33.2 Å². The predicted octanol–water partition coefficient (Wildman–Crippen LogP) is 3.66. The molecule has 0 fully saturated rings. The number of nitrogens with zero attached hydrogens (tertiary/aromatic N) is 2. The highest BCUT2D eigenvalue weighted by Gasteiger charge is 2.04. The van der Waals surface area contributed by atoms with Gasteiger partial charge in [0.15, 0.2) is 5.96 Å². The van der Waals surface area contributed by atoms with Gasteiger partial charge in [0.25, 0.3) is 0 Å². The fourth-order valence-corrected chi connectivity index (χ4v) is 3.09. The second kappa shape index (κ2) is 9.64. The van der Waals surface area contributed by atoms with E-state index in [1.165, 1.54) is 4.88 Å². The highest BCUT2D eigenvalue weighted by Crippen LogP contribution is 2.17. The number of rotatable bonds is 7. The van der Waals surface area contributed by atoms with E-state index >= 15 is 0 Å². The number of aryl methyl sites for hydroxylation is 2. The molecule has 1 heterocycles. The monoisotopic (exact) mass is 410 g/mol. The van der Waals surface area contributed by atoms with Crippen molar-refractivity contribution in [3.8, 4) is 5.75 Å². The summed E-state index contributed by atoms with van der Waals surface area (Å²) in [6.45, 7) is 8.81. The van der Waals surface area contributed by atoms with E-state index < -0.39 is 0 Å². The van der Waals surface area contributed by atoms with E-state index in [2.05, 4.69) is 43.5 Å². The Kier molecular flexibility index (Phi) is 7.52. The van der Waals surface area contributed by atoms with Crippen LogP contribution in [0.1, 0.15) is 22.5 Å². The van der Waals surface area contributed by atoms with Gasteiger partial charge < -0.3 is 15.4 Å². The van der Waals surface area contributed by atoms with Crippen LogP contribution in [0.15, 0.2) is 33.7 Å². The molecule has 0 atom stereocenters. The number of aromatic nitrogens is 1. The second-order valence-electron chi connectivity index (χ2n) is 5.17. The number of halogens is 1. The molecule has 2 N–H and O–H groups in total. The summed E-state index contributed by atoms with van der Waals surface area (Å²) in [4.78, 5) is 10.3. The zero-order chi connectivity index (χ0) is 17.4. The van der Waals surface area contributed by atoms with E-state index in [1.54, 1.807) is 11.3 Å². The number of benzene rings is 1. The Balaban J connectivity index is 1.79. The molecule has 0 saturated heterocycles. The molecular formula is C17H23BrN4OS. The highest BCUT2D eigenvalue weighted by molar-refractivity contribution is 9.10. The van der Waals surface area contributed by atoms with Gasteiger partial charge in [-0.2, -0.15) is 0 Å². The number of thiazole rings is 1. The van der Waals surface area contributed by atoms with Gasteiger partial charge in [-0.15, -0.1) is 11.3 Å². The molecule has 0 saturated carbocycles. The maximum atomic E-state index is 5.69. The van der Waals surface area contributed by atoms with Gasteiger partial charge >= 0.3 is 0 Å². The van der Waals surface area contributed by atoms with Gasteiger partial charge in [0.2, 0.25) is 0 Å². The van der Waals surface area contributed by atoms with Crippen molar-refractivity contribution in [3.05, 3.63) is 44.3 Å². The van der Waals surface area contributed by atoms with Crippen LogP contribution >= 0.6 is 27.3 Å². The summed E-state index contributed by atoms with van der Waals surface area (Å²) in [6.07, 6.45) is 0. The number of hydrogen-bond donors (Lipinski definition) is 2. The van der Waals surface area contributed by atoms with Gasteiger partial charge in [0, 0.05) is 15.9 Å². The number of nitrogens with one attached hydrogen (secondary N) is 2.